The number of carbonyl (C=O) groups excluding carboxylic acids is 2. The van der Waals surface area contributed by atoms with Crippen LogP contribution in [0.25, 0.3) is 22.2 Å². The Morgan fingerprint density at radius 2 is 1.80 bits per heavy atom. The third-order valence-electron chi connectivity index (χ3n) is 7.59. The first-order valence-electron chi connectivity index (χ1n) is 13.8. The summed E-state index contributed by atoms with van der Waals surface area (Å²) in [5.41, 5.74) is 4.30. The van der Waals surface area contributed by atoms with Crippen molar-refractivity contribution < 1.29 is 19.1 Å². The van der Waals surface area contributed by atoms with E-state index in [0.717, 1.165) is 40.7 Å². The van der Waals surface area contributed by atoms with Crippen molar-refractivity contribution in [3.05, 3.63) is 76.2 Å². The first-order valence-corrected chi connectivity index (χ1v) is 14.6. The number of methoxy groups -OCH3 is 1. The van der Waals surface area contributed by atoms with Gasteiger partial charge in [0.15, 0.2) is 0 Å². The van der Waals surface area contributed by atoms with Gasteiger partial charge in [-0.15, -0.1) is 11.3 Å². The standard InChI is InChI=1S/C33H36N2O4S/c1-19(2)39-27-14-10-8-12-22(27)26-18-24(21-11-7-9-13-25(21)34-26)30(36)35-31-29(32(37)38-6)23-16-15-20(33(3,4)5)17-28(23)40-31/h7-14,18-20H,15-17H2,1-6H3,(H,35,36)/t20-/m1/s1. The van der Waals surface area contributed by atoms with Gasteiger partial charge in [-0.05, 0) is 74.3 Å². The van der Waals surface area contributed by atoms with Crippen LogP contribution < -0.4 is 10.1 Å². The molecule has 0 radical (unpaired) electrons. The minimum Gasteiger partial charge on any atom is -0.490 e. The second-order valence-electron chi connectivity index (χ2n) is 11.7. The zero-order valence-corrected chi connectivity index (χ0v) is 24.8. The number of esters is 1. The number of anilines is 1. The van der Waals surface area contributed by atoms with Crippen LogP contribution in [0.5, 0.6) is 5.75 Å². The van der Waals surface area contributed by atoms with Gasteiger partial charge in [-0.1, -0.05) is 51.1 Å². The molecule has 7 heteroatoms. The predicted molar refractivity (Wildman–Crippen MR) is 162 cm³/mol. The molecule has 2 aromatic heterocycles. The normalized spacial score (nSPS) is 15.1. The van der Waals surface area contributed by atoms with E-state index in [9.17, 15) is 9.59 Å². The van der Waals surface area contributed by atoms with Gasteiger partial charge in [0.2, 0.25) is 0 Å². The molecule has 1 amide bonds. The van der Waals surface area contributed by atoms with E-state index >= 15 is 0 Å². The van der Waals surface area contributed by atoms with Crippen LogP contribution in [0.2, 0.25) is 0 Å². The number of thiophene rings is 1. The highest BCUT2D eigenvalue weighted by atomic mass is 32.1. The van der Waals surface area contributed by atoms with Crippen LogP contribution in [0.3, 0.4) is 0 Å². The van der Waals surface area contributed by atoms with Crippen molar-refractivity contribution in [2.24, 2.45) is 11.3 Å². The summed E-state index contributed by atoms with van der Waals surface area (Å²) in [4.78, 5) is 32.9. The molecule has 0 fully saturated rings. The van der Waals surface area contributed by atoms with E-state index in [2.05, 4.69) is 26.1 Å². The largest absolute Gasteiger partial charge is 0.490 e. The summed E-state index contributed by atoms with van der Waals surface area (Å²) in [5, 5.41) is 4.37. The molecule has 0 saturated heterocycles. The molecule has 0 bridgehead atoms. The number of fused-ring (bicyclic) bond motifs is 2. The number of nitrogens with zero attached hydrogens (tertiary/aromatic N) is 1. The third kappa shape index (κ3) is 5.48. The summed E-state index contributed by atoms with van der Waals surface area (Å²) in [7, 11) is 1.39. The monoisotopic (exact) mass is 556 g/mol. The molecule has 1 aliphatic carbocycles. The molecule has 2 heterocycles. The summed E-state index contributed by atoms with van der Waals surface area (Å²) >= 11 is 1.50. The molecule has 40 heavy (non-hydrogen) atoms. The van der Waals surface area contributed by atoms with E-state index < -0.39 is 5.97 Å². The number of nitrogens with one attached hydrogen (secondary N) is 1. The molecule has 5 rings (SSSR count). The van der Waals surface area contributed by atoms with E-state index in [1.54, 1.807) is 6.07 Å². The molecule has 0 unspecified atom stereocenters. The van der Waals surface area contributed by atoms with Crippen molar-refractivity contribution in [2.45, 2.75) is 60.0 Å². The first-order chi connectivity index (χ1) is 19.1. The van der Waals surface area contributed by atoms with Gasteiger partial charge >= 0.3 is 5.97 Å². The van der Waals surface area contributed by atoms with Gasteiger partial charge in [0.05, 0.1) is 35.6 Å². The lowest BCUT2D eigenvalue weighted by atomic mass is 9.72. The lowest BCUT2D eigenvalue weighted by Crippen LogP contribution is -2.26. The highest BCUT2D eigenvalue weighted by Crippen LogP contribution is 2.45. The van der Waals surface area contributed by atoms with Gasteiger partial charge in [-0.2, -0.15) is 0 Å². The number of benzene rings is 2. The summed E-state index contributed by atoms with van der Waals surface area (Å²) in [6.45, 7) is 10.7. The van der Waals surface area contributed by atoms with Gasteiger partial charge in [0.1, 0.15) is 10.8 Å². The Morgan fingerprint density at radius 3 is 2.52 bits per heavy atom. The number of ether oxygens (including phenoxy) is 2. The van der Waals surface area contributed by atoms with Crippen LogP contribution in [0.15, 0.2) is 54.6 Å². The number of hydrogen-bond acceptors (Lipinski definition) is 6. The van der Waals surface area contributed by atoms with E-state index in [0.29, 0.717) is 39.0 Å². The van der Waals surface area contributed by atoms with Gasteiger partial charge in [-0.25, -0.2) is 9.78 Å². The van der Waals surface area contributed by atoms with Crippen molar-refractivity contribution in [1.29, 1.82) is 0 Å². The Morgan fingerprint density at radius 1 is 1.07 bits per heavy atom. The Hall–Kier alpha value is -3.71. The summed E-state index contributed by atoms with van der Waals surface area (Å²) in [5.74, 6) is 0.506. The molecule has 1 aliphatic rings. The Balaban J connectivity index is 1.57. The fourth-order valence-electron chi connectivity index (χ4n) is 5.44. The maximum atomic E-state index is 14.0. The number of amides is 1. The average molecular weight is 557 g/mol. The third-order valence-corrected chi connectivity index (χ3v) is 8.76. The molecular formula is C33H36N2O4S. The van der Waals surface area contributed by atoms with Crippen LogP contribution in [-0.4, -0.2) is 30.1 Å². The minimum atomic E-state index is -0.415. The van der Waals surface area contributed by atoms with Crippen molar-refractivity contribution >= 4 is 39.1 Å². The Kier molecular flexibility index (Phi) is 7.69. The summed E-state index contributed by atoms with van der Waals surface area (Å²) < 4.78 is 11.2. The van der Waals surface area contributed by atoms with Crippen molar-refractivity contribution in [2.75, 3.05) is 12.4 Å². The van der Waals surface area contributed by atoms with E-state index in [1.165, 1.54) is 18.4 Å². The van der Waals surface area contributed by atoms with Crippen molar-refractivity contribution in [3.8, 4) is 17.0 Å². The van der Waals surface area contributed by atoms with Crippen LogP contribution in [0.4, 0.5) is 5.00 Å². The molecule has 6 nitrogen and oxygen atoms in total. The molecule has 0 spiro atoms. The Bertz CT molecular complexity index is 1580. The number of hydrogen-bond donors (Lipinski definition) is 1. The summed E-state index contributed by atoms with van der Waals surface area (Å²) in [6, 6.07) is 17.1. The number of pyridine rings is 1. The van der Waals surface area contributed by atoms with Gasteiger partial charge in [0, 0.05) is 15.8 Å². The predicted octanol–water partition coefficient (Wildman–Crippen LogP) is 7.94. The van der Waals surface area contributed by atoms with Crippen molar-refractivity contribution in [3.63, 3.8) is 0 Å². The maximum absolute atomic E-state index is 14.0. The van der Waals surface area contributed by atoms with Crippen LogP contribution in [-0.2, 0) is 17.6 Å². The van der Waals surface area contributed by atoms with Crippen LogP contribution in [0, 0.1) is 11.3 Å². The Labute approximate surface area is 239 Å². The highest BCUT2D eigenvalue weighted by Gasteiger charge is 2.34. The minimum absolute atomic E-state index is 0.0103. The molecular weight excluding hydrogens is 520 g/mol. The molecule has 1 atom stereocenters. The average Bonchev–Trinajstić information content (AvgIpc) is 3.28. The van der Waals surface area contributed by atoms with Crippen LogP contribution in [0.1, 0.15) is 72.2 Å². The lowest BCUT2D eigenvalue weighted by Gasteiger charge is -2.33. The van der Waals surface area contributed by atoms with Crippen LogP contribution >= 0.6 is 11.3 Å². The zero-order chi connectivity index (χ0) is 28.6. The number of carbonyl (C=O) groups is 2. The smallest absolute Gasteiger partial charge is 0.341 e. The number of aromatic nitrogens is 1. The SMILES string of the molecule is COC(=O)c1c(NC(=O)c2cc(-c3ccccc3OC(C)C)nc3ccccc23)sc2c1CC[C@@H](C(C)(C)C)C2. The maximum Gasteiger partial charge on any atom is 0.341 e. The lowest BCUT2D eigenvalue weighted by molar-refractivity contribution is 0.0600. The molecule has 208 valence electrons. The van der Waals surface area contributed by atoms with Crippen molar-refractivity contribution in [1.82, 2.24) is 4.98 Å². The molecule has 0 aliphatic heterocycles. The van der Waals surface area contributed by atoms with E-state index in [1.807, 2.05) is 62.4 Å². The van der Waals surface area contributed by atoms with Gasteiger partial charge in [0.25, 0.3) is 5.91 Å². The highest BCUT2D eigenvalue weighted by molar-refractivity contribution is 7.17. The second-order valence-corrected chi connectivity index (χ2v) is 12.8. The fourth-order valence-corrected chi connectivity index (χ4v) is 6.75. The second kappa shape index (κ2) is 11.0. The summed E-state index contributed by atoms with van der Waals surface area (Å²) in [6.07, 6.45) is 2.67. The molecule has 0 saturated carbocycles. The number of para-hydroxylation sites is 2. The van der Waals surface area contributed by atoms with Gasteiger partial charge < -0.3 is 14.8 Å². The van der Waals surface area contributed by atoms with E-state index in [-0.39, 0.29) is 17.4 Å². The van der Waals surface area contributed by atoms with Gasteiger partial charge in [-0.3, -0.25) is 4.79 Å². The molecule has 2 aromatic carbocycles. The fraction of sp³-hybridized carbons (Fsp3) is 0.364. The zero-order valence-electron chi connectivity index (χ0n) is 24.0. The quantitative estimate of drug-likeness (QED) is 0.244. The number of rotatable bonds is 6. The molecule has 1 N–H and O–H groups in total. The topological polar surface area (TPSA) is 77.5 Å². The molecule has 4 aromatic rings. The van der Waals surface area contributed by atoms with E-state index in [4.69, 9.17) is 14.5 Å². The first kappa shape index (κ1) is 27.8.